The Balaban J connectivity index is 2.13. The van der Waals surface area contributed by atoms with Crippen LogP contribution in [0.1, 0.15) is 18.1 Å². The van der Waals surface area contributed by atoms with E-state index >= 15 is 0 Å². The Kier molecular flexibility index (Phi) is 3.69. The molecule has 92 valence electrons. The highest BCUT2D eigenvalue weighted by atomic mass is 79.9. The summed E-state index contributed by atoms with van der Waals surface area (Å²) in [5.41, 5.74) is 2.03. The van der Waals surface area contributed by atoms with Gasteiger partial charge in [-0.3, -0.25) is 0 Å². The highest BCUT2D eigenvalue weighted by Gasteiger charge is 2.19. The summed E-state index contributed by atoms with van der Waals surface area (Å²) >= 11 is 3.42. The predicted molar refractivity (Wildman–Crippen MR) is 65.2 cm³/mol. The Hall–Kier alpha value is -1.07. The van der Waals surface area contributed by atoms with E-state index in [1.165, 1.54) is 6.92 Å². The molecular weight excluding hydrogens is 288 g/mol. The van der Waals surface area contributed by atoms with Crippen LogP contribution in [0, 0.1) is 0 Å². The maximum absolute atomic E-state index is 10.7. The molecule has 1 heterocycles. The Morgan fingerprint density at radius 3 is 3.12 bits per heavy atom. The molecule has 4 nitrogen and oxygen atoms in total. The van der Waals surface area contributed by atoms with Crippen LogP contribution in [0.3, 0.4) is 0 Å². The minimum atomic E-state index is -0.961. The quantitative estimate of drug-likeness (QED) is 0.927. The average Bonchev–Trinajstić information content (AvgIpc) is 2.72. The fourth-order valence-electron chi connectivity index (χ4n) is 1.74. The van der Waals surface area contributed by atoms with Crippen LogP contribution in [0.2, 0.25) is 0 Å². The molecule has 0 bridgehead atoms. The third-order valence-electron chi connectivity index (χ3n) is 2.66. The number of fused-ring (bicyclic) bond motifs is 1. The van der Waals surface area contributed by atoms with Crippen molar-refractivity contribution in [1.82, 2.24) is 0 Å². The van der Waals surface area contributed by atoms with Gasteiger partial charge in [-0.2, -0.15) is 0 Å². The topological polar surface area (TPSA) is 55.8 Å². The molecule has 0 saturated heterocycles. The van der Waals surface area contributed by atoms with Crippen LogP contribution >= 0.6 is 15.9 Å². The second-order valence-electron chi connectivity index (χ2n) is 3.94. The van der Waals surface area contributed by atoms with Crippen LogP contribution in [0.15, 0.2) is 16.6 Å². The van der Waals surface area contributed by atoms with Gasteiger partial charge in [-0.15, -0.1) is 0 Å². The van der Waals surface area contributed by atoms with Gasteiger partial charge in [0.2, 0.25) is 0 Å². The van der Waals surface area contributed by atoms with Gasteiger partial charge < -0.3 is 14.6 Å². The molecule has 1 N–H and O–H groups in total. The van der Waals surface area contributed by atoms with Crippen LogP contribution in [-0.2, 0) is 22.6 Å². The van der Waals surface area contributed by atoms with E-state index < -0.39 is 12.1 Å². The summed E-state index contributed by atoms with van der Waals surface area (Å²) in [4.78, 5) is 10.7. The van der Waals surface area contributed by atoms with Crippen molar-refractivity contribution in [1.29, 1.82) is 0 Å². The first-order valence-corrected chi connectivity index (χ1v) is 6.15. The molecule has 1 aromatic rings. The minimum Gasteiger partial charge on any atom is -0.493 e. The summed E-state index contributed by atoms with van der Waals surface area (Å²) in [6, 6.07) is 3.92. The van der Waals surface area contributed by atoms with E-state index in [2.05, 4.69) is 15.9 Å². The van der Waals surface area contributed by atoms with Gasteiger partial charge in [-0.25, -0.2) is 4.79 Å². The number of halogens is 1. The predicted octanol–water partition coefficient (Wildman–Crippen LogP) is 2.37. The number of carbonyl (C=O) groups is 1. The lowest BCUT2D eigenvalue weighted by Crippen LogP contribution is -2.19. The molecule has 0 amide bonds. The lowest BCUT2D eigenvalue weighted by Gasteiger charge is -2.12. The first-order chi connectivity index (χ1) is 8.08. The van der Waals surface area contributed by atoms with Crippen molar-refractivity contribution in [2.75, 3.05) is 6.61 Å². The van der Waals surface area contributed by atoms with Gasteiger partial charge in [-0.05, 0) is 24.6 Å². The third kappa shape index (κ3) is 2.79. The molecular formula is C12H13BrO4. The van der Waals surface area contributed by atoms with Crippen molar-refractivity contribution in [2.45, 2.75) is 26.1 Å². The van der Waals surface area contributed by atoms with Crippen LogP contribution < -0.4 is 4.74 Å². The molecule has 1 atom stereocenters. The number of benzene rings is 1. The molecule has 0 spiro atoms. The maximum atomic E-state index is 10.7. The van der Waals surface area contributed by atoms with Crippen molar-refractivity contribution in [3.05, 3.63) is 27.7 Å². The minimum absolute atomic E-state index is 0.245. The third-order valence-corrected chi connectivity index (χ3v) is 3.12. The van der Waals surface area contributed by atoms with E-state index in [0.717, 1.165) is 27.8 Å². The maximum Gasteiger partial charge on any atom is 0.332 e. The summed E-state index contributed by atoms with van der Waals surface area (Å²) in [6.07, 6.45) is 0.0713. The van der Waals surface area contributed by atoms with E-state index in [9.17, 15) is 4.79 Å². The number of hydrogen-bond acceptors (Lipinski definition) is 3. The molecule has 0 aliphatic carbocycles. The van der Waals surface area contributed by atoms with Gasteiger partial charge in [0.05, 0.1) is 13.2 Å². The van der Waals surface area contributed by atoms with Crippen LogP contribution in [-0.4, -0.2) is 23.8 Å². The molecule has 0 saturated carbocycles. The van der Waals surface area contributed by atoms with Gasteiger partial charge in [0.15, 0.2) is 6.10 Å². The largest absolute Gasteiger partial charge is 0.493 e. The van der Waals surface area contributed by atoms with Crippen molar-refractivity contribution >= 4 is 21.9 Å². The molecule has 2 rings (SSSR count). The van der Waals surface area contributed by atoms with Crippen molar-refractivity contribution in [2.24, 2.45) is 0 Å². The van der Waals surface area contributed by atoms with Gasteiger partial charge in [0.25, 0.3) is 0 Å². The second kappa shape index (κ2) is 5.06. The SMILES string of the molecule is C[C@H](OCc1cc(Br)cc2c1OCC2)C(=O)O. The lowest BCUT2D eigenvalue weighted by atomic mass is 10.1. The van der Waals surface area contributed by atoms with Gasteiger partial charge >= 0.3 is 5.97 Å². The lowest BCUT2D eigenvalue weighted by molar-refractivity contribution is -0.149. The molecule has 1 aliphatic rings. The van der Waals surface area contributed by atoms with Crippen LogP contribution in [0.25, 0.3) is 0 Å². The normalized spacial score (nSPS) is 15.2. The Morgan fingerprint density at radius 2 is 2.41 bits per heavy atom. The van der Waals surface area contributed by atoms with E-state index in [4.69, 9.17) is 14.6 Å². The van der Waals surface area contributed by atoms with Crippen molar-refractivity contribution in [3.8, 4) is 5.75 Å². The van der Waals surface area contributed by atoms with Gasteiger partial charge in [0.1, 0.15) is 5.75 Å². The van der Waals surface area contributed by atoms with E-state index in [0.29, 0.717) is 6.61 Å². The first-order valence-electron chi connectivity index (χ1n) is 5.36. The first kappa shape index (κ1) is 12.4. The summed E-state index contributed by atoms with van der Waals surface area (Å²) in [5, 5.41) is 8.74. The molecule has 0 unspecified atom stereocenters. The molecule has 5 heteroatoms. The number of carboxylic acid groups (broad SMARTS) is 1. The van der Waals surface area contributed by atoms with Crippen LogP contribution in [0.5, 0.6) is 5.75 Å². The summed E-state index contributed by atoms with van der Waals surface area (Å²) in [5.74, 6) is -0.122. The summed E-state index contributed by atoms with van der Waals surface area (Å²) in [7, 11) is 0. The molecule has 0 fully saturated rings. The Morgan fingerprint density at radius 1 is 1.65 bits per heavy atom. The average molecular weight is 301 g/mol. The number of rotatable bonds is 4. The second-order valence-corrected chi connectivity index (χ2v) is 4.86. The zero-order valence-corrected chi connectivity index (χ0v) is 11.0. The number of aliphatic carboxylic acids is 1. The van der Waals surface area contributed by atoms with E-state index in [1.54, 1.807) is 0 Å². The van der Waals surface area contributed by atoms with Gasteiger partial charge in [-0.1, -0.05) is 15.9 Å². The number of carboxylic acids is 1. The molecule has 1 aromatic carbocycles. The zero-order valence-electron chi connectivity index (χ0n) is 9.40. The summed E-state index contributed by atoms with van der Waals surface area (Å²) in [6.45, 7) is 2.43. The monoisotopic (exact) mass is 300 g/mol. The zero-order chi connectivity index (χ0) is 12.4. The van der Waals surface area contributed by atoms with Crippen LogP contribution in [0.4, 0.5) is 0 Å². The fraction of sp³-hybridized carbons (Fsp3) is 0.417. The molecule has 1 aliphatic heterocycles. The fourth-order valence-corrected chi connectivity index (χ4v) is 2.29. The Bertz CT molecular complexity index is 444. The standard InChI is InChI=1S/C12H13BrO4/c1-7(12(14)15)17-6-9-5-10(13)4-8-2-3-16-11(8)9/h4-5,7H,2-3,6H2,1H3,(H,14,15)/t7-/m0/s1. The molecule has 17 heavy (non-hydrogen) atoms. The smallest absolute Gasteiger partial charge is 0.332 e. The van der Waals surface area contributed by atoms with Gasteiger partial charge in [0, 0.05) is 16.5 Å². The Labute approximate surface area is 108 Å². The van der Waals surface area contributed by atoms with Crippen molar-refractivity contribution in [3.63, 3.8) is 0 Å². The van der Waals surface area contributed by atoms with Crippen molar-refractivity contribution < 1.29 is 19.4 Å². The van der Waals surface area contributed by atoms with E-state index in [1.807, 2.05) is 12.1 Å². The molecule has 0 aromatic heterocycles. The molecule has 0 radical (unpaired) electrons. The number of ether oxygens (including phenoxy) is 2. The highest BCUT2D eigenvalue weighted by molar-refractivity contribution is 9.10. The van der Waals surface area contributed by atoms with E-state index in [-0.39, 0.29) is 6.61 Å². The number of hydrogen-bond donors (Lipinski definition) is 1. The summed E-state index contributed by atoms with van der Waals surface area (Å²) < 4.78 is 11.8. The highest BCUT2D eigenvalue weighted by Crippen LogP contribution is 2.33.